The number of allylic oxidation sites excluding steroid dienone is 4. The van der Waals surface area contributed by atoms with E-state index in [2.05, 4.69) is 31.2 Å². The minimum absolute atomic E-state index is 0.316. The number of hydrogen-bond acceptors (Lipinski definition) is 1. The van der Waals surface area contributed by atoms with E-state index in [1.165, 1.54) is 44.9 Å². The Labute approximate surface area is 125 Å². The maximum absolute atomic E-state index is 10.3. The van der Waals surface area contributed by atoms with Crippen LogP contribution in [-0.2, 0) is 4.79 Å². The van der Waals surface area contributed by atoms with Crippen molar-refractivity contribution in [2.45, 2.75) is 84.0 Å². The van der Waals surface area contributed by atoms with Gasteiger partial charge in [-0.2, -0.15) is 0 Å². The molecule has 2 nitrogen and oxygen atoms in total. The summed E-state index contributed by atoms with van der Waals surface area (Å²) < 4.78 is 0. The zero-order chi connectivity index (χ0) is 14.9. The van der Waals surface area contributed by atoms with E-state index in [-0.39, 0.29) is 0 Å². The van der Waals surface area contributed by atoms with Gasteiger partial charge in [0, 0.05) is 6.42 Å². The minimum atomic E-state index is -0.676. The Hall–Kier alpha value is -1.05. The van der Waals surface area contributed by atoms with Crippen molar-refractivity contribution in [3.8, 4) is 0 Å². The number of hydrogen-bond donors (Lipinski definition) is 1. The standard InChI is InChI=1S/C18H32O2/c1-2-3-4-5-6-7-8-9-10-11-12-13-14-15-16-17-18(19)20/h8-11H,2-7,12-17H2,1H3,(H,19,20)/b9-8-,11-10+. The molecule has 0 aromatic carbocycles. The Morgan fingerprint density at radius 3 is 1.80 bits per heavy atom. The van der Waals surface area contributed by atoms with Crippen LogP contribution < -0.4 is 0 Å². The van der Waals surface area contributed by atoms with Gasteiger partial charge < -0.3 is 5.11 Å². The number of aliphatic carboxylic acids is 1. The van der Waals surface area contributed by atoms with Crippen LogP contribution in [0.25, 0.3) is 0 Å². The molecule has 0 aromatic rings. The molecule has 0 saturated heterocycles. The van der Waals surface area contributed by atoms with Crippen molar-refractivity contribution in [1.29, 1.82) is 0 Å². The number of unbranched alkanes of at least 4 members (excludes halogenated alkanes) is 9. The highest BCUT2D eigenvalue weighted by Gasteiger charge is 1.95. The minimum Gasteiger partial charge on any atom is -0.481 e. The Balaban J connectivity index is 3.20. The lowest BCUT2D eigenvalue weighted by molar-refractivity contribution is -0.137. The number of carbonyl (C=O) groups is 1. The maximum atomic E-state index is 10.3. The average molecular weight is 280 g/mol. The summed E-state index contributed by atoms with van der Waals surface area (Å²) in [6.07, 6.45) is 22.3. The van der Waals surface area contributed by atoms with E-state index in [0.29, 0.717) is 6.42 Å². The van der Waals surface area contributed by atoms with Crippen LogP contribution in [-0.4, -0.2) is 11.1 Å². The second-order valence-electron chi connectivity index (χ2n) is 5.41. The highest BCUT2D eigenvalue weighted by atomic mass is 16.4. The number of carboxylic acids is 1. The third-order valence-electron chi connectivity index (χ3n) is 3.37. The predicted octanol–water partition coefficient (Wildman–Crippen LogP) is 5.88. The van der Waals surface area contributed by atoms with E-state index in [1.807, 2.05) is 0 Å². The molecule has 20 heavy (non-hydrogen) atoms. The molecule has 0 aliphatic carbocycles. The van der Waals surface area contributed by atoms with E-state index in [0.717, 1.165) is 25.7 Å². The zero-order valence-corrected chi connectivity index (χ0v) is 13.2. The van der Waals surface area contributed by atoms with Crippen LogP contribution in [0, 0.1) is 0 Å². The molecule has 0 heterocycles. The summed E-state index contributed by atoms with van der Waals surface area (Å²) in [4.78, 5) is 10.3. The van der Waals surface area contributed by atoms with E-state index in [1.54, 1.807) is 0 Å². The lowest BCUT2D eigenvalue weighted by atomic mass is 10.1. The molecule has 0 atom stereocenters. The smallest absolute Gasteiger partial charge is 0.303 e. The van der Waals surface area contributed by atoms with Gasteiger partial charge in [-0.1, -0.05) is 69.8 Å². The number of carboxylic acid groups (broad SMARTS) is 1. The van der Waals surface area contributed by atoms with Crippen LogP contribution in [0.5, 0.6) is 0 Å². The third kappa shape index (κ3) is 16.9. The van der Waals surface area contributed by atoms with Crippen molar-refractivity contribution >= 4 is 5.97 Å². The summed E-state index contributed by atoms with van der Waals surface area (Å²) in [6, 6.07) is 0. The Morgan fingerprint density at radius 1 is 0.800 bits per heavy atom. The fourth-order valence-electron chi connectivity index (χ4n) is 2.11. The molecule has 0 fully saturated rings. The van der Waals surface area contributed by atoms with Crippen molar-refractivity contribution in [2.24, 2.45) is 0 Å². The zero-order valence-electron chi connectivity index (χ0n) is 13.2. The topological polar surface area (TPSA) is 37.3 Å². The second-order valence-corrected chi connectivity index (χ2v) is 5.41. The quantitative estimate of drug-likeness (QED) is 0.318. The van der Waals surface area contributed by atoms with Crippen LogP contribution >= 0.6 is 0 Å². The summed E-state index contributed by atoms with van der Waals surface area (Å²) in [5, 5.41) is 8.50. The van der Waals surface area contributed by atoms with E-state index >= 15 is 0 Å². The molecule has 116 valence electrons. The lowest BCUT2D eigenvalue weighted by Gasteiger charge is -1.96. The SMILES string of the molecule is CCCCCCC/C=C\C=C\CCCCCCC(=O)O. The first-order valence-electron chi connectivity index (χ1n) is 8.30. The summed E-state index contributed by atoms with van der Waals surface area (Å²) in [5.74, 6) is -0.676. The van der Waals surface area contributed by atoms with Crippen LogP contribution in [0.3, 0.4) is 0 Å². The highest BCUT2D eigenvalue weighted by molar-refractivity contribution is 5.66. The molecule has 0 saturated carbocycles. The third-order valence-corrected chi connectivity index (χ3v) is 3.37. The molecular formula is C18H32O2. The van der Waals surface area contributed by atoms with Gasteiger partial charge in [0.1, 0.15) is 0 Å². The Morgan fingerprint density at radius 2 is 1.30 bits per heavy atom. The van der Waals surface area contributed by atoms with Gasteiger partial charge >= 0.3 is 5.97 Å². The first-order chi connectivity index (χ1) is 9.77. The van der Waals surface area contributed by atoms with Gasteiger partial charge in [-0.05, 0) is 32.1 Å². The van der Waals surface area contributed by atoms with Crippen LogP contribution in [0.15, 0.2) is 24.3 Å². The molecule has 0 aliphatic rings. The van der Waals surface area contributed by atoms with Gasteiger partial charge in [-0.3, -0.25) is 4.79 Å². The monoisotopic (exact) mass is 280 g/mol. The van der Waals surface area contributed by atoms with Gasteiger partial charge in [0.2, 0.25) is 0 Å². The van der Waals surface area contributed by atoms with Gasteiger partial charge in [-0.25, -0.2) is 0 Å². The molecule has 0 radical (unpaired) electrons. The van der Waals surface area contributed by atoms with E-state index in [9.17, 15) is 4.79 Å². The molecule has 0 rings (SSSR count). The molecule has 0 unspecified atom stereocenters. The predicted molar refractivity (Wildman–Crippen MR) is 87.0 cm³/mol. The molecular weight excluding hydrogens is 248 g/mol. The van der Waals surface area contributed by atoms with Crippen LogP contribution in [0.1, 0.15) is 84.0 Å². The average Bonchev–Trinajstić information content (AvgIpc) is 2.43. The van der Waals surface area contributed by atoms with Crippen molar-refractivity contribution in [3.63, 3.8) is 0 Å². The lowest BCUT2D eigenvalue weighted by Crippen LogP contribution is -1.93. The first kappa shape index (κ1) is 18.9. The highest BCUT2D eigenvalue weighted by Crippen LogP contribution is 2.07. The fourth-order valence-corrected chi connectivity index (χ4v) is 2.11. The molecule has 0 amide bonds. The molecule has 0 aromatic heterocycles. The summed E-state index contributed by atoms with van der Waals surface area (Å²) >= 11 is 0. The molecule has 0 aliphatic heterocycles. The first-order valence-corrected chi connectivity index (χ1v) is 8.30. The van der Waals surface area contributed by atoms with Gasteiger partial charge in [0.05, 0.1) is 0 Å². The van der Waals surface area contributed by atoms with Gasteiger partial charge in [0.25, 0.3) is 0 Å². The number of rotatable bonds is 14. The van der Waals surface area contributed by atoms with Gasteiger partial charge in [-0.15, -0.1) is 0 Å². The summed E-state index contributed by atoms with van der Waals surface area (Å²) in [5.41, 5.74) is 0. The van der Waals surface area contributed by atoms with Crippen molar-refractivity contribution in [2.75, 3.05) is 0 Å². The second kappa shape index (κ2) is 16.0. The summed E-state index contributed by atoms with van der Waals surface area (Å²) in [6.45, 7) is 2.25. The van der Waals surface area contributed by atoms with Crippen molar-refractivity contribution < 1.29 is 9.90 Å². The molecule has 0 bridgehead atoms. The van der Waals surface area contributed by atoms with Crippen LogP contribution in [0.4, 0.5) is 0 Å². The van der Waals surface area contributed by atoms with Crippen molar-refractivity contribution in [3.05, 3.63) is 24.3 Å². The van der Waals surface area contributed by atoms with E-state index < -0.39 is 5.97 Å². The molecule has 2 heteroatoms. The Kier molecular flexibility index (Phi) is 15.2. The van der Waals surface area contributed by atoms with Crippen molar-refractivity contribution in [1.82, 2.24) is 0 Å². The normalized spacial score (nSPS) is 11.7. The fraction of sp³-hybridized carbons (Fsp3) is 0.722. The van der Waals surface area contributed by atoms with E-state index in [4.69, 9.17) is 5.11 Å². The van der Waals surface area contributed by atoms with Crippen LogP contribution in [0.2, 0.25) is 0 Å². The molecule has 0 spiro atoms. The molecule has 1 N–H and O–H groups in total. The van der Waals surface area contributed by atoms with Gasteiger partial charge in [0.15, 0.2) is 0 Å². The maximum Gasteiger partial charge on any atom is 0.303 e. The summed E-state index contributed by atoms with van der Waals surface area (Å²) in [7, 11) is 0. The largest absolute Gasteiger partial charge is 0.481 e. The Bertz CT molecular complexity index is 267.